The summed E-state index contributed by atoms with van der Waals surface area (Å²) in [6.45, 7) is 0. The van der Waals surface area contributed by atoms with E-state index in [9.17, 15) is 27.6 Å². The Balaban J connectivity index is 1.88. The van der Waals surface area contributed by atoms with Gasteiger partial charge in [0.05, 0.1) is 16.7 Å². The molecule has 2 aromatic rings. The SMILES string of the molecule is COC(C(=O)ON1C(=O)c2ccccc2C1=O)c1ccccc1C(F)(F)F. The van der Waals surface area contributed by atoms with Crippen molar-refractivity contribution in [2.24, 2.45) is 0 Å². The van der Waals surface area contributed by atoms with Crippen molar-refractivity contribution in [2.75, 3.05) is 7.11 Å². The zero-order chi connectivity index (χ0) is 19.8. The van der Waals surface area contributed by atoms with E-state index in [1.54, 1.807) is 0 Å². The Morgan fingerprint density at radius 3 is 2.00 bits per heavy atom. The number of halogens is 3. The Labute approximate surface area is 151 Å². The summed E-state index contributed by atoms with van der Waals surface area (Å²) in [6, 6.07) is 10.1. The lowest BCUT2D eigenvalue weighted by Crippen LogP contribution is -2.35. The molecule has 140 valence electrons. The summed E-state index contributed by atoms with van der Waals surface area (Å²) in [5, 5.41) is 0.217. The third-order valence-electron chi connectivity index (χ3n) is 3.94. The molecule has 9 heteroatoms. The summed E-state index contributed by atoms with van der Waals surface area (Å²) in [5.41, 5.74) is -1.52. The fourth-order valence-electron chi connectivity index (χ4n) is 2.72. The maximum atomic E-state index is 13.2. The molecule has 1 aliphatic heterocycles. The fourth-order valence-corrected chi connectivity index (χ4v) is 2.72. The van der Waals surface area contributed by atoms with Gasteiger partial charge in [-0.25, -0.2) is 4.79 Å². The van der Waals surface area contributed by atoms with E-state index in [4.69, 9.17) is 9.57 Å². The van der Waals surface area contributed by atoms with Gasteiger partial charge >= 0.3 is 12.1 Å². The van der Waals surface area contributed by atoms with Gasteiger partial charge in [-0.3, -0.25) is 9.59 Å². The normalized spacial score (nSPS) is 14.9. The molecule has 0 saturated heterocycles. The van der Waals surface area contributed by atoms with E-state index in [2.05, 4.69) is 0 Å². The Kier molecular flexibility index (Phi) is 4.71. The van der Waals surface area contributed by atoms with Crippen LogP contribution in [0, 0.1) is 0 Å². The van der Waals surface area contributed by atoms with Gasteiger partial charge in [0.2, 0.25) is 0 Å². The van der Waals surface area contributed by atoms with Crippen LogP contribution >= 0.6 is 0 Å². The smallest absolute Gasteiger partial charge is 0.365 e. The van der Waals surface area contributed by atoms with Crippen molar-refractivity contribution in [1.29, 1.82) is 0 Å². The van der Waals surface area contributed by atoms with Crippen LogP contribution in [0.1, 0.15) is 37.9 Å². The molecule has 0 fully saturated rings. The molecule has 0 spiro atoms. The predicted octanol–water partition coefficient (Wildman–Crippen LogP) is 3.15. The molecule has 0 aliphatic carbocycles. The van der Waals surface area contributed by atoms with Crippen molar-refractivity contribution in [2.45, 2.75) is 12.3 Å². The number of alkyl halides is 3. The first kappa shape index (κ1) is 18.6. The van der Waals surface area contributed by atoms with E-state index in [1.165, 1.54) is 30.3 Å². The summed E-state index contributed by atoms with van der Waals surface area (Å²) in [7, 11) is 1.02. The second-order valence-corrected chi connectivity index (χ2v) is 5.56. The second kappa shape index (κ2) is 6.84. The third kappa shape index (κ3) is 3.28. The minimum Gasteiger partial charge on any atom is -0.365 e. The lowest BCUT2D eigenvalue weighted by Gasteiger charge is -2.21. The largest absolute Gasteiger partial charge is 0.416 e. The number of carbonyl (C=O) groups is 3. The Morgan fingerprint density at radius 2 is 1.48 bits per heavy atom. The van der Waals surface area contributed by atoms with Crippen molar-refractivity contribution >= 4 is 17.8 Å². The maximum Gasteiger partial charge on any atom is 0.416 e. The summed E-state index contributed by atoms with van der Waals surface area (Å²) in [5.74, 6) is -3.10. The van der Waals surface area contributed by atoms with Crippen LogP contribution < -0.4 is 0 Å². The standard InChI is InChI=1S/C18H12F3NO5/c1-26-14(12-8-4-5-9-13(12)18(19,20)21)17(25)27-22-15(23)10-6-2-3-7-11(10)16(22)24/h2-9,14H,1H3. The van der Waals surface area contributed by atoms with Gasteiger partial charge in [0.25, 0.3) is 11.8 Å². The van der Waals surface area contributed by atoms with Crippen molar-refractivity contribution < 1.29 is 37.1 Å². The van der Waals surface area contributed by atoms with Gasteiger partial charge in [-0.1, -0.05) is 35.4 Å². The van der Waals surface area contributed by atoms with E-state index in [-0.39, 0.29) is 16.2 Å². The highest BCUT2D eigenvalue weighted by molar-refractivity contribution is 6.20. The Bertz CT molecular complexity index is 890. The predicted molar refractivity (Wildman–Crippen MR) is 84.2 cm³/mol. The van der Waals surface area contributed by atoms with Gasteiger partial charge in [0, 0.05) is 12.7 Å². The first-order valence-electron chi connectivity index (χ1n) is 7.64. The maximum absolute atomic E-state index is 13.2. The Hall–Kier alpha value is -3.20. The van der Waals surface area contributed by atoms with Gasteiger partial charge < -0.3 is 9.57 Å². The van der Waals surface area contributed by atoms with Gasteiger partial charge in [0.1, 0.15) is 0 Å². The minimum atomic E-state index is -4.73. The lowest BCUT2D eigenvalue weighted by molar-refractivity contribution is -0.181. The molecule has 2 amide bonds. The Morgan fingerprint density at radius 1 is 0.963 bits per heavy atom. The minimum absolute atomic E-state index is 0.0277. The quantitative estimate of drug-likeness (QED) is 0.763. The lowest BCUT2D eigenvalue weighted by atomic mass is 10.0. The van der Waals surface area contributed by atoms with E-state index in [1.807, 2.05) is 0 Å². The fraction of sp³-hybridized carbons (Fsp3) is 0.167. The van der Waals surface area contributed by atoms with Crippen LogP contribution in [0.2, 0.25) is 0 Å². The molecule has 27 heavy (non-hydrogen) atoms. The summed E-state index contributed by atoms with van der Waals surface area (Å²) in [6.07, 6.45) is -6.52. The number of benzene rings is 2. The molecule has 1 atom stereocenters. The number of imide groups is 1. The second-order valence-electron chi connectivity index (χ2n) is 5.56. The van der Waals surface area contributed by atoms with Crippen molar-refractivity contribution in [3.63, 3.8) is 0 Å². The average molecular weight is 379 g/mol. The molecule has 0 bridgehead atoms. The summed E-state index contributed by atoms with van der Waals surface area (Å²) >= 11 is 0. The van der Waals surface area contributed by atoms with Crippen molar-refractivity contribution in [3.8, 4) is 0 Å². The zero-order valence-electron chi connectivity index (χ0n) is 13.8. The molecule has 1 heterocycles. The summed E-state index contributed by atoms with van der Waals surface area (Å²) < 4.78 is 44.4. The number of hydroxylamine groups is 2. The zero-order valence-corrected chi connectivity index (χ0v) is 13.8. The molecular formula is C18H12F3NO5. The van der Waals surface area contributed by atoms with Gasteiger partial charge in [-0.2, -0.15) is 13.2 Å². The van der Waals surface area contributed by atoms with Crippen LogP contribution in [-0.4, -0.2) is 30.0 Å². The molecule has 0 radical (unpaired) electrons. The highest BCUT2D eigenvalue weighted by atomic mass is 19.4. The van der Waals surface area contributed by atoms with Crippen LogP contribution in [0.25, 0.3) is 0 Å². The number of amides is 2. The number of carbonyl (C=O) groups excluding carboxylic acids is 3. The van der Waals surface area contributed by atoms with Gasteiger partial charge in [-0.15, -0.1) is 0 Å². The molecule has 1 aliphatic rings. The number of rotatable bonds is 4. The van der Waals surface area contributed by atoms with Crippen molar-refractivity contribution in [1.82, 2.24) is 5.06 Å². The van der Waals surface area contributed by atoms with Crippen LogP contribution in [0.3, 0.4) is 0 Å². The molecule has 6 nitrogen and oxygen atoms in total. The van der Waals surface area contributed by atoms with Gasteiger partial charge in [0.15, 0.2) is 6.10 Å². The van der Waals surface area contributed by atoms with E-state index >= 15 is 0 Å². The van der Waals surface area contributed by atoms with Gasteiger partial charge in [-0.05, 0) is 18.2 Å². The highest BCUT2D eigenvalue weighted by Gasteiger charge is 2.42. The van der Waals surface area contributed by atoms with Crippen molar-refractivity contribution in [3.05, 3.63) is 70.8 Å². The molecule has 2 aromatic carbocycles. The monoisotopic (exact) mass is 379 g/mol. The molecule has 3 rings (SSSR count). The highest BCUT2D eigenvalue weighted by Crippen LogP contribution is 2.36. The van der Waals surface area contributed by atoms with Crippen LogP contribution in [0.4, 0.5) is 13.2 Å². The molecule has 0 saturated carbocycles. The topological polar surface area (TPSA) is 72.9 Å². The van der Waals surface area contributed by atoms with Crippen LogP contribution in [-0.2, 0) is 20.5 Å². The van der Waals surface area contributed by atoms with E-state index in [0.717, 1.165) is 25.3 Å². The first-order chi connectivity index (χ1) is 12.8. The molecular weight excluding hydrogens is 367 g/mol. The van der Waals surface area contributed by atoms with Crippen LogP contribution in [0.5, 0.6) is 0 Å². The van der Waals surface area contributed by atoms with Crippen LogP contribution in [0.15, 0.2) is 48.5 Å². The number of fused-ring (bicyclic) bond motifs is 1. The molecule has 0 N–H and O–H groups in total. The van der Waals surface area contributed by atoms with E-state index in [0.29, 0.717) is 0 Å². The molecule has 1 unspecified atom stereocenters. The number of nitrogens with zero attached hydrogens (tertiary/aromatic N) is 1. The number of hydrogen-bond acceptors (Lipinski definition) is 5. The first-order valence-corrected chi connectivity index (χ1v) is 7.64. The average Bonchev–Trinajstić information content (AvgIpc) is 2.87. The molecule has 0 aromatic heterocycles. The number of ether oxygens (including phenoxy) is 1. The summed E-state index contributed by atoms with van der Waals surface area (Å²) in [4.78, 5) is 41.6. The number of methoxy groups -OCH3 is 1. The van der Waals surface area contributed by atoms with E-state index < -0.39 is 41.2 Å². The third-order valence-corrected chi connectivity index (χ3v) is 3.94. The number of hydrogen-bond donors (Lipinski definition) is 0.